The molecule has 1 atom stereocenters. The maximum absolute atomic E-state index is 11.1. The van der Waals surface area contributed by atoms with Gasteiger partial charge < -0.3 is 15.8 Å². The Kier molecular flexibility index (Phi) is 4.43. The zero-order valence-corrected chi connectivity index (χ0v) is 11.4. The maximum atomic E-state index is 11.1. The molecule has 1 amide bonds. The fraction of sp³-hybridized carbons (Fsp3) is 0.533. The lowest BCUT2D eigenvalue weighted by molar-refractivity contribution is 0.0591. The highest BCUT2D eigenvalue weighted by Crippen LogP contribution is 2.39. The first kappa shape index (κ1) is 13.9. The fourth-order valence-corrected chi connectivity index (χ4v) is 2.72. The Morgan fingerprint density at radius 1 is 1.37 bits per heavy atom. The second kappa shape index (κ2) is 6.06. The molecule has 1 aromatic rings. The number of nitrogens with one attached hydrogen (secondary N) is 1. The van der Waals surface area contributed by atoms with E-state index in [1.54, 1.807) is 0 Å². The van der Waals surface area contributed by atoms with E-state index < -0.39 is 6.09 Å². The first-order valence-electron chi connectivity index (χ1n) is 6.81. The topological polar surface area (TPSA) is 64.3 Å². The van der Waals surface area contributed by atoms with Crippen LogP contribution in [0, 0.1) is 5.41 Å². The highest BCUT2D eigenvalue weighted by atomic mass is 16.6. The van der Waals surface area contributed by atoms with E-state index in [9.17, 15) is 4.79 Å². The zero-order valence-electron chi connectivity index (χ0n) is 11.4. The number of rotatable bonds is 4. The molecular formula is C15H22N2O2. The second-order valence-electron chi connectivity index (χ2n) is 5.60. The van der Waals surface area contributed by atoms with Crippen molar-refractivity contribution in [3.63, 3.8) is 0 Å². The van der Waals surface area contributed by atoms with Gasteiger partial charge in [0.1, 0.15) is 6.10 Å². The largest absolute Gasteiger partial charge is 0.441 e. The summed E-state index contributed by atoms with van der Waals surface area (Å²) in [5.74, 6) is 0. The fourth-order valence-electron chi connectivity index (χ4n) is 2.72. The number of amides is 1. The predicted molar refractivity (Wildman–Crippen MR) is 74.7 cm³/mol. The zero-order chi connectivity index (χ0) is 13.7. The highest BCUT2D eigenvalue weighted by Gasteiger charge is 2.31. The summed E-state index contributed by atoms with van der Waals surface area (Å²) in [6, 6.07) is 9.84. The van der Waals surface area contributed by atoms with Gasteiger partial charge in [0.15, 0.2) is 0 Å². The summed E-state index contributed by atoms with van der Waals surface area (Å²) in [6.07, 6.45) is 2.06. The molecule has 0 bridgehead atoms. The van der Waals surface area contributed by atoms with E-state index >= 15 is 0 Å². The van der Waals surface area contributed by atoms with Gasteiger partial charge in [-0.1, -0.05) is 37.3 Å². The average molecular weight is 262 g/mol. The number of carbonyl (C=O) groups is 1. The van der Waals surface area contributed by atoms with Crippen molar-refractivity contribution >= 4 is 6.09 Å². The Hall–Kier alpha value is -1.55. The molecule has 104 valence electrons. The second-order valence-corrected chi connectivity index (χ2v) is 5.60. The number of hydrogen-bond donors (Lipinski definition) is 2. The van der Waals surface area contributed by atoms with Gasteiger partial charge in [-0.3, -0.25) is 0 Å². The van der Waals surface area contributed by atoms with Gasteiger partial charge >= 0.3 is 6.09 Å². The summed E-state index contributed by atoms with van der Waals surface area (Å²) >= 11 is 0. The number of carbonyl (C=O) groups excluding carboxylic acids is 1. The molecule has 1 aliphatic rings. The molecule has 0 spiro atoms. The van der Waals surface area contributed by atoms with Crippen LogP contribution in [0.1, 0.15) is 37.9 Å². The molecule has 0 aliphatic carbocycles. The molecular weight excluding hydrogens is 240 g/mol. The van der Waals surface area contributed by atoms with E-state index in [0.29, 0.717) is 0 Å². The molecule has 3 N–H and O–H groups in total. The molecule has 0 aromatic heterocycles. The Balaban J connectivity index is 2.11. The predicted octanol–water partition coefficient (Wildman–Crippen LogP) is 2.60. The van der Waals surface area contributed by atoms with Gasteiger partial charge in [-0.05, 0) is 43.3 Å². The van der Waals surface area contributed by atoms with Crippen LogP contribution in [0.5, 0.6) is 0 Å². The summed E-state index contributed by atoms with van der Waals surface area (Å²) < 4.78 is 5.32. The van der Waals surface area contributed by atoms with E-state index in [1.807, 2.05) is 30.3 Å². The van der Waals surface area contributed by atoms with Crippen molar-refractivity contribution in [3.05, 3.63) is 35.9 Å². The molecule has 1 fully saturated rings. The van der Waals surface area contributed by atoms with Crippen molar-refractivity contribution in [2.75, 3.05) is 13.1 Å². The van der Waals surface area contributed by atoms with Crippen LogP contribution in [-0.4, -0.2) is 19.2 Å². The third-order valence-corrected chi connectivity index (χ3v) is 3.92. The van der Waals surface area contributed by atoms with Crippen molar-refractivity contribution < 1.29 is 9.53 Å². The molecule has 19 heavy (non-hydrogen) atoms. The number of benzene rings is 1. The van der Waals surface area contributed by atoms with Crippen LogP contribution >= 0.6 is 0 Å². The monoisotopic (exact) mass is 262 g/mol. The first-order valence-corrected chi connectivity index (χ1v) is 6.81. The number of primary amides is 1. The minimum absolute atomic E-state index is 0.196. The quantitative estimate of drug-likeness (QED) is 0.876. The summed E-state index contributed by atoms with van der Waals surface area (Å²) in [4.78, 5) is 11.1. The summed E-state index contributed by atoms with van der Waals surface area (Å²) in [7, 11) is 0. The molecule has 4 nitrogen and oxygen atoms in total. The Bertz CT molecular complexity index is 413. The molecule has 0 saturated carbocycles. The van der Waals surface area contributed by atoms with Gasteiger partial charge in [0.2, 0.25) is 0 Å². The van der Waals surface area contributed by atoms with Crippen molar-refractivity contribution in [1.82, 2.24) is 5.32 Å². The number of piperidine rings is 1. The van der Waals surface area contributed by atoms with Gasteiger partial charge in [0.05, 0.1) is 0 Å². The van der Waals surface area contributed by atoms with E-state index in [4.69, 9.17) is 10.5 Å². The van der Waals surface area contributed by atoms with Gasteiger partial charge in [-0.15, -0.1) is 0 Å². The van der Waals surface area contributed by atoms with Crippen molar-refractivity contribution in [1.29, 1.82) is 0 Å². The summed E-state index contributed by atoms with van der Waals surface area (Å²) in [5, 5.41) is 3.36. The van der Waals surface area contributed by atoms with Gasteiger partial charge in [-0.2, -0.15) is 0 Å². The van der Waals surface area contributed by atoms with E-state index in [2.05, 4.69) is 12.2 Å². The van der Waals surface area contributed by atoms with Crippen LogP contribution in [0.3, 0.4) is 0 Å². The van der Waals surface area contributed by atoms with E-state index in [1.165, 1.54) is 0 Å². The van der Waals surface area contributed by atoms with Gasteiger partial charge in [-0.25, -0.2) is 4.79 Å². The number of nitrogens with two attached hydrogens (primary N) is 1. The highest BCUT2D eigenvalue weighted by molar-refractivity contribution is 5.65. The molecule has 2 rings (SSSR count). The minimum atomic E-state index is -0.702. The Labute approximate surface area is 114 Å². The van der Waals surface area contributed by atoms with Crippen LogP contribution in [0.2, 0.25) is 0 Å². The van der Waals surface area contributed by atoms with Crippen LogP contribution in [-0.2, 0) is 4.74 Å². The molecule has 4 heteroatoms. The van der Waals surface area contributed by atoms with E-state index in [-0.39, 0.29) is 11.5 Å². The van der Waals surface area contributed by atoms with Crippen LogP contribution in [0.4, 0.5) is 4.79 Å². The third kappa shape index (κ3) is 3.96. The molecule has 1 saturated heterocycles. The molecule has 1 aromatic carbocycles. The van der Waals surface area contributed by atoms with Crippen LogP contribution < -0.4 is 11.1 Å². The van der Waals surface area contributed by atoms with Crippen molar-refractivity contribution in [2.45, 2.75) is 32.3 Å². The minimum Gasteiger partial charge on any atom is -0.441 e. The maximum Gasteiger partial charge on any atom is 0.405 e. The Morgan fingerprint density at radius 2 is 2.00 bits per heavy atom. The molecule has 1 unspecified atom stereocenters. The van der Waals surface area contributed by atoms with Crippen LogP contribution in [0.15, 0.2) is 30.3 Å². The van der Waals surface area contributed by atoms with Crippen molar-refractivity contribution in [2.24, 2.45) is 11.1 Å². The smallest absolute Gasteiger partial charge is 0.405 e. The molecule has 1 heterocycles. The number of ether oxygens (including phenoxy) is 1. The standard InChI is InChI=1S/C15H22N2O2/c1-15(7-9-17-10-8-15)11-13(19-14(16)18)12-5-3-2-4-6-12/h2-6,13,17H,7-11H2,1H3,(H2,16,18). The average Bonchev–Trinajstić information content (AvgIpc) is 2.39. The SMILES string of the molecule is CC1(CC(OC(N)=O)c2ccccc2)CCNCC1. The lowest BCUT2D eigenvalue weighted by atomic mass is 9.75. The molecule has 0 radical (unpaired) electrons. The van der Waals surface area contributed by atoms with Crippen molar-refractivity contribution in [3.8, 4) is 0 Å². The summed E-state index contributed by atoms with van der Waals surface area (Å²) in [6.45, 7) is 4.30. The van der Waals surface area contributed by atoms with E-state index in [0.717, 1.165) is 37.9 Å². The van der Waals surface area contributed by atoms with Crippen LogP contribution in [0.25, 0.3) is 0 Å². The lowest BCUT2D eigenvalue weighted by Gasteiger charge is -2.36. The van der Waals surface area contributed by atoms with Gasteiger partial charge in [0, 0.05) is 0 Å². The number of hydrogen-bond acceptors (Lipinski definition) is 3. The van der Waals surface area contributed by atoms with Gasteiger partial charge in [0.25, 0.3) is 0 Å². The summed E-state index contributed by atoms with van der Waals surface area (Å²) in [5.41, 5.74) is 6.42. The normalized spacial score (nSPS) is 19.6. The lowest BCUT2D eigenvalue weighted by Crippen LogP contribution is -2.36. The third-order valence-electron chi connectivity index (χ3n) is 3.92. The Morgan fingerprint density at radius 3 is 2.58 bits per heavy atom. The first-order chi connectivity index (χ1) is 9.09. The molecule has 1 aliphatic heterocycles.